The van der Waals surface area contributed by atoms with Crippen LogP contribution in [0.5, 0.6) is 0 Å². The van der Waals surface area contributed by atoms with Crippen LogP contribution in [-0.2, 0) is 10.8 Å². The van der Waals surface area contributed by atoms with E-state index in [1.54, 1.807) is 12.5 Å². The van der Waals surface area contributed by atoms with Crippen LogP contribution in [0.25, 0.3) is 0 Å². The molecule has 3 heterocycles. The summed E-state index contributed by atoms with van der Waals surface area (Å²) < 4.78 is 17.2. The van der Waals surface area contributed by atoms with Gasteiger partial charge in [0.1, 0.15) is 23.0 Å². The molecule has 0 aromatic carbocycles. The average Bonchev–Trinajstić information content (AvgIpc) is 3.19. The smallest absolute Gasteiger partial charge is 0.117 e. The molecule has 0 radical (unpaired) electrons. The quantitative estimate of drug-likeness (QED) is 0.667. The minimum atomic E-state index is -0.305. The lowest BCUT2D eigenvalue weighted by atomic mass is 9.87. The molecular formula is C18H20O3. The fraction of sp³-hybridized carbons (Fsp3) is 0.333. The molecule has 0 unspecified atom stereocenters. The topological polar surface area (TPSA) is 39.4 Å². The van der Waals surface area contributed by atoms with Gasteiger partial charge in [0, 0.05) is 0 Å². The molecule has 0 aliphatic carbocycles. The van der Waals surface area contributed by atoms with Gasteiger partial charge in [0.05, 0.1) is 23.4 Å². The molecular weight excluding hydrogens is 264 g/mol. The van der Waals surface area contributed by atoms with Crippen molar-refractivity contribution in [1.29, 1.82) is 0 Å². The molecule has 0 bridgehead atoms. The van der Waals surface area contributed by atoms with Crippen molar-refractivity contribution in [2.45, 2.75) is 38.5 Å². The lowest BCUT2D eigenvalue weighted by Gasteiger charge is -2.22. The SMILES string of the molecule is CC(C)(c1ccco1)c1ccc(C(C)(C)c2ccco2)o1. The Kier molecular flexibility index (Phi) is 3.08. The van der Waals surface area contributed by atoms with Crippen LogP contribution in [0.2, 0.25) is 0 Å². The van der Waals surface area contributed by atoms with Crippen LogP contribution in [-0.4, -0.2) is 0 Å². The Hall–Kier alpha value is -2.16. The molecule has 0 atom stereocenters. The summed E-state index contributed by atoms with van der Waals surface area (Å²) in [5, 5.41) is 0. The summed E-state index contributed by atoms with van der Waals surface area (Å²) in [7, 11) is 0. The molecule has 0 N–H and O–H groups in total. The molecule has 0 saturated heterocycles. The molecule has 0 aliphatic rings. The zero-order valence-corrected chi connectivity index (χ0v) is 12.8. The molecule has 3 aromatic heterocycles. The first-order valence-electron chi connectivity index (χ1n) is 7.11. The molecule has 0 aliphatic heterocycles. The van der Waals surface area contributed by atoms with Gasteiger partial charge in [-0.3, -0.25) is 0 Å². The van der Waals surface area contributed by atoms with Crippen LogP contribution in [0.3, 0.4) is 0 Å². The largest absolute Gasteiger partial charge is 0.468 e. The van der Waals surface area contributed by atoms with Crippen molar-refractivity contribution in [3.8, 4) is 0 Å². The zero-order valence-electron chi connectivity index (χ0n) is 12.8. The highest BCUT2D eigenvalue weighted by molar-refractivity contribution is 5.31. The lowest BCUT2D eigenvalue weighted by Crippen LogP contribution is -2.19. The number of rotatable bonds is 4. The van der Waals surface area contributed by atoms with E-state index in [4.69, 9.17) is 13.3 Å². The van der Waals surface area contributed by atoms with E-state index in [0.29, 0.717) is 0 Å². The monoisotopic (exact) mass is 284 g/mol. The molecule has 3 nitrogen and oxygen atoms in total. The molecule has 21 heavy (non-hydrogen) atoms. The van der Waals surface area contributed by atoms with Gasteiger partial charge in [-0.15, -0.1) is 0 Å². The molecule has 0 fully saturated rings. The van der Waals surface area contributed by atoms with E-state index in [-0.39, 0.29) is 10.8 Å². The molecule has 0 spiro atoms. The highest BCUT2D eigenvalue weighted by Crippen LogP contribution is 2.38. The number of hydrogen-bond donors (Lipinski definition) is 0. The number of furan rings is 3. The second-order valence-electron chi connectivity index (χ2n) is 6.37. The van der Waals surface area contributed by atoms with E-state index < -0.39 is 0 Å². The normalized spacial score (nSPS) is 12.8. The Bertz CT molecular complexity index is 637. The van der Waals surface area contributed by atoms with Gasteiger partial charge in [-0.2, -0.15) is 0 Å². The maximum absolute atomic E-state index is 6.14. The first kappa shape index (κ1) is 13.8. The second kappa shape index (κ2) is 4.69. The summed E-state index contributed by atoms with van der Waals surface area (Å²) >= 11 is 0. The molecule has 3 aromatic rings. The molecule has 0 amide bonds. The van der Waals surface area contributed by atoms with Crippen molar-refractivity contribution in [3.63, 3.8) is 0 Å². The summed E-state index contributed by atoms with van der Waals surface area (Å²) in [6.07, 6.45) is 3.38. The van der Waals surface area contributed by atoms with Crippen molar-refractivity contribution >= 4 is 0 Å². The summed E-state index contributed by atoms with van der Waals surface area (Å²) in [6, 6.07) is 11.8. The van der Waals surface area contributed by atoms with E-state index in [1.807, 2.05) is 36.4 Å². The Morgan fingerprint density at radius 1 is 0.619 bits per heavy atom. The second-order valence-corrected chi connectivity index (χ2v) is 6.37. The third kappa shape index (κ3) is 2.23. The van der Waals surface area contributed by atoms with Crippen LogP contribution >= 0.6 is 0 Å². The van der Waals surface area contributed by atoms with Gasteiger partial charge in [0.2, 0.25) is 0 Å². The maximum Gasteiger partial charge on any atom is 0.117 e. The van der Waals surface area contributed by atoms with E-state index in [1.165, 1.54) is 0 Å². The van der Waals surface area contributed by atoms with Crippen LogP contribution < -0.4 is 0 Å². The van der Waals surface area contributed by atoms with Gasteiger partial charge < -0.3 is 13.3 Å². The minimum Gasteiger partial charge on any atom is -0.468 e. The van der Waals surface area contributed by atoms with Gasteiger partial charge in [0.25, 0.3) is 0 Å². The summed E-state index contributed by atoms with van der Waals surface area (Å²) in [6.45, 7) is 8.37. The third-order valence-corrected chi connectivity index (χ3v) is 4.11. The van der Waals surface area contributed by atoms with Gasteiger partial charge in [-0.25, -0.2) is 0 Å². The first-order chi connectivity index (χ1) is 9.92. The molecule has 110 valence electrons. The lowest BCUT2D eigenvalue weighted by molar-refractivity contribution is 0.314. The highest BCUT2D eigenvalue weighted by atomic mass is 16.4. The van der Waals surface area contributed by atoms with Crippen LogP contribution in [0, 0.1) is 0 Å². The predicted octanol–water partition coefficient (Wildman–Crippen LogP) is 5.12. The first-order valence-corrected chi connectivity index (χ1v) is 7.11. The van der Waals surface area contributed by atoms with Gasteiger partial charge in [-0.05, 0) is 64.1 Å². The zero-order chi connectivity index (χ0) is 15.1. The van der Waals surface area contributed by atoms with Crippen molar-refractivity contribution in [2.75, 3.05) is 0 Å². The van der Waals surface area contributed by atoms with Crippen molar-refractivity contribution in [1.82, 2.24) is 0 Å². The van der Waals surface area contributed by atoms with Crippen molar-refractivity contribution in [3.05, 3.63) is 72.0 Å². The Labute approximate surface area is 124 Å². The molecule has 0 saturated carbocycles. The Morgan fingerprint density at radius 2 is 1.05 bits per heavy atom. The minimum absolute atomic E-state index is 0.305. The van der Waals surface area contributed by atoms with Gasteiger partial charge in [-0.1, -0.05) is 0 Å². The highest BCUT2D eigenvalue weighted by Gasteiger charge is 2.34. The Balaban J connectivity index is 1.97. The maximum atomic E-state index is 6.14. The van der Waals surface area contributed by atoms with E-state index >= 15 is 0 Å². The fourth-order valence-corrected chi connectivity index (χ4v) is 2.52. The van der Waals surface area contributed by atoms with E-state index in [2.05, 4.69) is 27.7 Å². The van der Waals surface area contributed by atoms with Gasteiger partial charge >= 0.3 is 0 Å². The Morgan fingerprint density at radius 3 is 1.38 bits per heavy atom. The fourth-order valence-electron chi connectivity index (χ4n) is 2.52. The molecule has 3 rings (SSSR count). The van der Waals surface area contributed by atoms with Crippen molar-refractivity contribution in [2.24, 2.45) is 0 Å². The van der Waals surface area contributed by atoms with Gasteiger partial charge in [0.15, 0.2) is 0 Å². The van der Waals surface area contributed by atoms with Crippen LogP contribution in [0.15, 0.2) is 62.2 Å². The van der Waals surface area contributed by atoms with Crippen LogP contribution in [0.4, 0.5) is 0 Å². The predicted molar refractivity (Wildman–Crippen MR) is 80.4 cm³/mol. The van der Waals surface area contributed by atoms with E-state index in [9.17, 15) is 0 Å². The summed E-state index contributed by atoms with van der Waals surface area (Å²) in [4.78, 5) is 0. The standard InChI is InChI=1S/C18H20O3/c1-17(2,13-7-5-11-19-13)15-9-10-16(21-15)18(3,4)14-8-6-12-20-14/h5-12H,1-4H3. The molecule has 3 heteroatoms. The van der Waals surface area contributed by atoms with Crippen molar-refractivity contribution < 1.29 is 13.3 Å². The third-order valence-electron chi connectivity index (χ3n) is 4.11. The summed E-state index contributed by atoms with van der Waals surface area (Å²) in [5.41, 5.74) is -0.609. The number of hydrogen-bond acceptors (Lipinski definition) is 3. The van der Waals surface area contributed by atoms with E-state index in [0.717, 1.165) is 23.0 Å². The van der Waals surface area contributed by atoms with Crippen LogP contribution in [0.1, 0.15) is 50.7 Å². The summed E-state index contributed by atoms with van der Waals surface area (Å²) in [5.74, 6) is 3.54. The average molecular weight is 284 g/mol.